The smallest absolute Gasteiger partial charge is 0.161 e. The summed E-state index contributed by atoms with van der Waals surface area (Å²) in [6, 6.07) is 15.3. The van der Waals surface area contributed by atoms with Crippen molar-refractivity contribution in [2.24, 2.45) is 0 Å². The molecule has 2 aromatic carbocycles. The second-order valence-electron chi connectivity index (χ2n) is 4.51. The summed E-state index contributed by atoms with van der Waals surface area (Å²) in [7, 11) is 1.63. The van der Waals surface area contributed by atoms with Gasteiger partial charge in [0.2, 0.25) is 0 Å². The van der Waals surface area contributed by atoms with E-state index in [9.17, 15) is 0 Å². The number of methoxy groups -OCH3 is 1. The molecule has 3 heteroatoms. The van der Waals surface area contributed by atoms with Crippen LogP contribution in [0.4, 0.5) is 0 Å². The number of benzene rings is 2. The molecule has 0 aliphatic heterocycles. The van der Waals surface area contributed by atoms with E-state index in [1.807, 2.05) is 49.4 Å². The van der Waals surface area contributed by atoms with Gasteiger partial charge in [-0.1, -0.05) is 30.4 Å². The molecule has 0 amide bonds. The van der Waals surface area contributed by atoms with Gasteiger partial charge in [0.1, 0.15) is 6.61 Å². The van der Waals surface area contributed by atoms with Crippen LogP contribution in [0.5, 0.6) is 11.5 Å². The maximum absolute atomic E-state index is 8.77. The van der Waals surface area contributed by atoms with Gasteiger partial charge in [-0.15, -0.1) is 0 Å². The van der Waals surface area contributed by atoms with E-state index in [-0.39, 0.29) is 0 Å². The topological polar surface area (TPSA) is 42.2 Å². The van der Waals surface area contributed by atoms with Crippen molar-refractivity contribution in [2.75, 3.05) is 7.11 Å². The average molecular weight is 279 g/mol. The number of rotatable bonds is 5. The van der Waals surface area contributed by atoms with Crippen LogP contribution in [0.25, 0.3) is 6.08 Å². The summed E-state index contributed by atoms with van der Waals surface area (Å²) in [6.45, 7) is 2.41. The molecule has 0 fully saturated rings. The fourth-order valence-corrected chi connectivity index (χ4v) is 1.94. The molecule has 0 radical (unpaired) electrons. The van der Waals surface area contributed by atoms with E-state index in [1.165, 1.54) is 0 Å². The van der Waals surface area contributed by atoms with Gasteiger partial charge in [0.25, 0.3) is 0 Å². The summed E-state index contributed by atoms with van der Waals surface area (Å²) < 4.78 is 11.1. The summed E-state index contributed by atoms with van der Waals surface area (Å²) in [5.41, 5.74) is 2.72. The number of nitriles is 1. The molecule has 0 bridgehead atoms. The first kappa shape index (κ1) is 14.7. The lowest BCUT2D eigenvalue weighted by Crippen LogP contribution is -1.98. The van der Waals surface area contributed by atoms with Crippen molar-refractivity contribution < 1.29 is 9.47 Å². The molecular weight excluding hydrogens is 262 g/mol. The third-order valence-corrected chi connectivity index (χ3v) is 3.02. The predicted octanol–water partition coefficient (Wildman–Crippen LogP) is 4.18. The first-order valence-corrected chi connectivity index (χ1v) is 6.69. The lowest BCUT2D eigenvalue weighted by molar-refractivity contribution is 0.284. The Kier molecular flexibility index (Phi) is 5.00. The van der Waals surface area contributed by atoms with Crippen LogP contribution in [0.3, 0.4) is 0 Å². The summed E-state index contributed by atoms with van der Waals surface area (Å²) in [6.07, 6.45) is 3.99. The van der Waals surface area contributed by atoms with E-state index in [0.717, 1.165) is 11.1 Å². The molecule has 0 aromatic heterocycles. The minimum atomic E-state index is 0.436. The third kappa shape index (κ3) is 3.87. The van der Waals surface area contributed by atoms with E-state index in [0.29, 0.717) is 23.7 Å². The molecule has 0 aliphatic carbocycles. The van der Waals surface area contributed by atoms with Gasteiger partial charge >= 0.3 is 0 Å². The number of hydrogen-bond acceptors (Lipinski definition) is 3. The zero-order chi connectivity index (χ0) is 15.1. The molecule has 0 saturated carbocycles. The fourth-order valence-electron chi connectivity index (χ4n) is 1.94. The molecule has 2 rings (SSSR count). The molecule has 0 saturated heterocycles. The number of ether oxygens (including phenoxy) is 2. The van der Waals surface area contributed by atoms with Crippen LogP contribution < -0.4 is 9.47 Å². The highest BCUT2D eigenvalue weighted by molar-refractivity contribution is 5.55. The van der Waals surface area contributed by atoms with E-state index in [1.54, 1.807) is 19.2 Å². The highest BCUT2D eigenvalue weighted by Gasteiger charge is 2.05. The highest BCUT2D eigenvalue weighted by Crippen LogP contribution is 2.29. The van der Waals surface area contributed by atoms with Gasteiger partial charge in [-0.25, -0.2) is 0 Å². The van der Waals surface area contributed by atoms with Gasteiger partial charge < -0.3 is 9.47 Å². The molecule has 21 heavy (non-hydrogen) atoms. The molecular formula is C18H17NO2. The van der Waals surface area contributed by atoms with Crippen molar-refractivity contribution in [3.63, 3.8) is 0 Å². The zero-order valence-corrected chi connectivity index (χ0v) is 12.2. The van der Waals surface area contributed by atoms with Gasteiger partial charge in [-0.05, 0) is 42.3 Å². The maximum Gasteiger partial charge on any atom is 0.161 e. The predicted molar refractivity (Wildman–Crippen MR) is 83.2 cm³/mol. The SMILES string of the molecule is C/C=C\c1ccc(OCc2ccc(C#N)cc2)c(OC)c1. The lowest BCUT2D eigenvalue weighted by Gasteiger charge is -2.11. The molecule has 2 aromatic rings. The van der Waals surface area contributed by atoms with E-state index in [2.05, 4.69) is 6.07 Å². The molecule has 106 valence electrons. The van der Waals surface area contributed by atoms with Gasteiger partial charge in [-0.3, -0.25) is 0 Å². The van der Waals surface area contributed by atoms with Crippen LogP contribution in [-0.2, 0) is 6.61 Å². The Labute approximate surface area is 125 Å². The van der Waals surface area contributed by atoms with Gasteiger partial charge in [0.15, 0.2) is 11.5 Å². The van der Waals surface area contributed by atoms with Crippen molar-refractivity contribution in [2.45, 2.75) is 13.5 Å². The van der Waals surface area contributed by atoms with Gasteiger partial charge in [-0.2, -0.15) is 5.26 Å². The van der Waals surface area contributed by atoms with Crippen molar-refractivity contribution in [3.05, 3.63) is 65.2 Å². The quantitative estimate of drug-likeness (QED) is 0.824. The Hall–Kier alpha value is -2.73. The largest absolute Gasteiger partial charge is 0.493 e. The first-order valence-electron chi connectivity index (χ1n) is 6.69. The molecule has 0 N–H and O–H groups in total. The number of nitrogens with zero attached hydrogens (tertiary/aromatic N) is 1. The molecule has 0 spiro atoms. The number of allylic oxidation sites excluding steroid dienone is 1. The molecule has 0 heterocycles. The summed E-state index contributed by atoms with van der Waals surface area (Å²) in [5, 5.41) is 8.77. The Morgan fingerprint density at radius 2 is 1.86 bits per heavy atom. The second-order valence-corrected chi connectivity index (χ2v) is 4.51. The van der Waals surface area contributed by atoms with Crippen LogP contribution in [0.2, 0.25) is 0 Å². The van der Waals surface area contributed by atoms with Crippen molar-refractivity contribution in [1.29, 1.82) is 5.26 Å². The monoisotopic (exact) mass is 279 g/mol. The van der Waals surface area contributed by atoms with Crippen molar-refractivity contribution in [3.8, 4) is 17.6 Å². The minimum absolute atomic E-state index is 0.436. The normalized spacial score (nSPS) is 10.3. The van der Waals surface area contributed by atoms with Crippen LogP contribution in [-0.4, -0.2) is 7.11 Å². The molecule has 0 unspecified atom stereocenters. The van der Waals surface area contributed by atoms with E-state index < -0.39 is 0 Å². The minimum Gasteiger partial charge on any atom is -0.493 e. The standard InChI is InChI=1S/C18H17NO2/c1-3-4-14-9-10-17(18(11-14)20-2)21-13-16-7-5-15(12-19)6-8-16/h3-11H,13H2,1-2H3/b4-3-. The summed E-state index contributed by atoms with van der Waals surface area (Å²) in [5.74, 6) is 1.41. The Morgan fingerprint density at radius 3 is 2.48 bits per heavy atom. The van der Waals surface area contributed by atoms with Crippen LogP contribution >= 0.6 is 0 Å². The highest BCUT2D eigenvalue weighted by atomic mass is 16.5. The van der Waals surface area contributed by atoms with Crippen LogP contribution in [0.15, 0.2) is 48.5 Å². The Bertz CT molecular complexity index is 667. The maximum atomic E-state index is 8.77. The second kappa shape index (κ2) is 7.16. The summed E-state index contributed by atoms with van der Waals surface area (Å²) in [4.78, 5) is 0. The molecule has 0 atom stereocenters. The molecule has 0 aliphatic rings. The van der Waals surface area contributed by atoms with E-state index in [4.69, 9.17) is 14.7 Å². The van der Waals surface area contributed by atoms with Crippen LogP contribution in [0, 0.1) is 11.3 Å². The average Bonchev–Trinajstić information content (AvgIpc) is 2.54. The number of hydrogen-bond donors (Lipinski definition) is 0. The van der Waals surface area contributed by atoms with Gasteiger partial charge in [0, 0.05) is 0 Å². The van der Waals surface area contributed by atoms with Crippen molar-refractivity contribution >= 4 is 6.08 Å². The summed E-state index contributed by atoms with van der Waals surface area (Å²) >= 11 is 0. The first-order chi connectivity index (χ1) is 10.3. The molecule has 3 nitrogen and oxygen atoms in total. The van der Waals surface area contributed by atoms with Gasteiger partial charge in [0.05, 0.1) is 18.7 Å². The Morgan fingerprint density at radius 1 is 1.10 bits per heavy atom. The third-order valence-electron chi connectivity index (χ3n) is 3.02. The van der Waals surface area contributed by atoms with E-state index >= 15 is 0 Å². The zero-order valence-electron chi connectivity index (χ0n) is 12.2. The fraction of sp³-hybridized carbons (Fsp3) is 0.167. The van der Waals surface area contributed by atoms with Crippen molar-refractivity contribution in [1.82, 2.24) is 0 Å². The van der Waals surface area contributed by atoms with Crippen LogP contribution in [0.1, 0.15) is 23.6 Å². The lowest BCUT2D eigenvalue weighted by atomic mass is 10.1. The Balaban J connectivity index is 2.10.